The van der Waals surface area contributed by atoms with Gasteiger partial charge in [0, 0.05) is 24.7 Å². The van der Waals surface area contributed by atoms with E-state index in [-0.39, 0.29) is 5.54 Å². The van der Waals surface area contributed by atoms with Crippen molar-refractivity contribution in [3.8, 4) is 6.07 Å². The van der Waals surface area contributed by atoms with Crippen LogP contribution in [0.4, 0.5) is 5.69 Å². The fourth-order valence-corrected chi connectivity index (χ4v) is 3.55. The Morgan fingerprint density at radius 2 is 2.21 bits per heavy atom. The van der Waals surface area contributed by atoms with Crippen LogP contribution in [-0.4, -0.2) is 29.7 Å². The van der Waals surface area contributed by atoms with Crippen molar-refractivity contribution in [3.05, 3.63) is 29.8 Å². The maximum atomic E-state index is 8.89. The summed E-state index contributed by atoms with van der Waals surface area (Å²) in [7, 11) is 0. The molecular weight excluding hydrogens is 258 g/mol. The quantitative estimate of drug-likeness (QED) is 0.854. The summed E-state index contributed by atoms with van der Waals surface area (Å²) in [6.45, 7) is 1.61. The highest BCUT2D eigenvalue weighted by Gasteiger charge is 2.37. The molecule has 0 saturated carbocycles. The molecule has 1 aromatic rings. The largest absolute Gasteiger partial charge is 0.381 e. The number of anilines is 1. The van der Waals surface area contributed by atoms with Gasteiger partial charge >= 0.3 is 0 Å². The van der Waals surface area contributed by atoms with E-state index in [9.17, 15) is 0 Å². The van der Waals surface area contributed by atoms with E-state index in [0.717, 1.165) is 42.7 Å². The van der Waals surface area contributed by atoms with Crippen LogP contribution < -0.4 is 5.32 Å². The lowest BCUT2D eigenvalue weighted by Crippen LogP contribution is -2.34. The van der Waals surface area contributed by atoms with Gasteiger partial charge in [-0.1, -0.05) is 17.8 Å². The second-order valence-electron chi connectivity index (χ2n) is 4.86. The van der Waals surface area contributed by atoms with Gasteiger partial charge in [0.2, 0.25) is 0 Å². The van der Waals surface area contributed by atoms with Crippen LogP contribution in [0.15, 0.2) is 29.3 Å². The van der Waals surface area contributed by atoms with Gasteiger partial charge in [0.1, 0.15) is 0 Å². The van der Waals surface area contributed by atoms with E-state index in [1.165, 1.54) is 0 Å². The zero-order chi connectivity index (χ0) is 13.1. The summed E-state index contributed by atoms with van der Waals surface area (Å²) in [6.07, 6.45) is 2.01. The molecule has 2 aliphatic heterocycles. The Morgan fingerprint density at radius 3 is 3.00 bits per heavy atom. The molecule has 0 atom stereocenters. The molecule has 98 valence electrons. The zero-order valence-corrected chi connectivity index (χ0v) is 11.4. The number of benzene rings is 1. The van der Waals surface area contributed by atoms with Gasteiger partial charge in [-0.25, -0.2) is 0 Å². The zero-order valence-electron chi connectivity index (χ0n) is 10.6. The third-order valence-corrected chi connectivity index (χ3v) is 4.63. The smallest absolute Gasteiger partial charge is 0.161 e. The Bertz CT molecular complexity index is 544. The first-order chi connectivity index (χ1) is 9.30. The molecule has 3 rings (SSSR count). The molecule has 19 heavy (non-hydrogen) atoms. The van der Waals surface area contributed by atoms with Gasteiger partial charge in [0.15, 0.2) is 5.17 Å². The molecule has 0 aromatic heterocycles. The van der Waals surface area contributed by atoms with Gasteiger partial charge in [0.25, 0.3) is 0 Å². The normalized spacial score (nSPS) is 20.9. The van der Waals surface area contributed by atoms with Gasteiger partial charge in [-0.05, 0) is 31.0 Å². The van der Waals surface area contributed by atoms with Crippen LogP contribution in [0.5, 0.6) is 0 Å². The number of amidine groups is 1. The number of hydrogen-bond acceptors (Lipinski definition) is 5. The molecule has 0 bridgehead atoms. The fourth-order valence-electron chi connectivity index (χ4n) is 2.34. The minimum Gasteiger partial charge on any atom is -0.381 e. The summed E-state index contributed by atoms with van der Waals surface area (Å²) in [5, 5.41) is 13.2. The van der Waals surface area contributed by atoms with Crippen molar-refractivity contribution < 1.29 is 4.74 Å². The molecule has 1 saturated heterocycles. The van der Waals surface area contributed by atoms with Crippen molar-refractivity contribution in [3.63, 3.8) is 0 Å². The average Bonchev–Trinajstić information content (AvgIpc) is 2.82. The second-order valence-corrected chi connectivity index (χ2v) is 5.82. The van der Waals surface area contributed by atoms with Crippen LogP contribution in [0.2, 0.25) is 0 Å². The molecule has 4 nitrogen and oxygen atoms in total. The van der Waals surface area contributed by atoms with Crippen LogP contribution >= 0.6 is 11.8 Å². The molecule has 0 aliphatic carbocycles. The highest BCUT2D eigenvalue weighted by Crippen LogP contribution is 2.36. The minimum atomic E-state index is 0.0675. The number of nitriles is 1. The standard InChI is InChI=1S/C14H15N3OS/c15-9-11-2-1-3-12(8-11)16-13-17-14(10-19-13)4-6-18-7-5-14/h1-3,8H,4-7,10H2,(H,16,17). The monoisotopic (exact) mass is 273 g/mol. The number of thioether (sulfide) groups is 1. The molecule has 1 N–H and O–H groups in total. The molecular formula is C14H15N3OS. The molecule has 2 heterocycles. The lowest BCUT2D eigenvalue weighted by molar-refractivity contribution is 0.0624. The van der Waals surface area contributed by atoms with E-state index < -0.39 is 0 Å². The molecule has 0 radical (unpaired) electrons. The molecule has 1 aromatic carbocycles. The predicted octanol–water partition coefficient (Wildman–Crippen LogP) is 2.62. The summed E-state index contributed by atoms with van der Waals surface area (Å²) in [4.78, 5) is 4.84. The van der Waals surface area contributed by atoms with Crippen LogP contribution in [0.1, 0.15) is 18.4 Å². The lowest BCUT2D eigenvalue weighted by Gasteiger charge is -2.29. The van der Waals surface area contributed by atoms with E-state index in [4.69, 9.17) is 15.0 Å². The van der Waals surface area contributed by atoms with Crippen LogP contribution in [0.25, 0.3) is 0 Å². The molecule has 0 amide bonds. The number of nitrogens with one attached hydrogen (secondary N) is 1. The lowest BCUT2D eigenvalue weighted by atomic mass is 9.93. The third-order valence-electron chi connectivity index (χ3n) is 3.48. The van der Waals surface area contributed by atoms with Crippen LogP contribution in [0, 0.1) is 11.3 Å². The first-order valence-corrected chi connectivity index (χ1v) is 7.36. The average molecular weight is 273 g/mol. The minimum absolute atomic E-state index is 0.0675. The van der Waals surface area contributed by atoms with Crippen molar-refractivity contribution in [2.75, 3.05) is 24.3 Å². The molecule has 1 fully saturated rings. The van der Waals surface area contributed by atoms with Gasteiger partial charge in [-0.2, -0.15) is 5.26 Å². The Balaban J connectivity index is 1.73. The highest BCUT2D eigenvalue weighted by atomic mass is 32.2. The summed E-state index contributed by atoms with van der Waals surface area (Å²) < 4.78 is 5.41. The first kappa shape index (κ1) is 12.5. The van der Waals surface area contributed by atoms with Gasteiger partial charge in [-0.3, -0.25) is 4.99 Å². The maximum absolute atomic E-state index is 8.89. The summed E-state index contributed by atoms with van der Waals surface area (Å²) in [6, 6.07) is 9.63. The van der Waals surface area contributed by atoms with Crippen molar-refractivity contribution >= 4 is 22.6 Å². The van der Waals surface area contributed by atoms with Gasteiger partial charge in [0.05, 0.1) is 17.2 Å². The van der Waals surface area contributed by atoms with E-state index in [1.807, 2.05) is 18.2 Å². The van der Waals surface area contributed by atoms with E-state index in [0.29, 0.717) is 5.56 Å². The van der Waals surface area contributed by atoms with Crippen molar-refractivity contribution in [2.24, 2.45) is 4.99 Å². The van der Waals surface area contributed by atoms with Gasteiger partial charge < -0.3 is 10.1 Å². The molecule has 0 unspecified atom stereocenters. The molecule has 5 heteroatoms. The molecule has 2 aliphatic rings. The van der Waals surface area contributed by atoms with E-state index in [2.05, 4.69) is 11.4 Å². The van der Waals surface area contributed by atoms with E-state index in [1.54, 1.807) is 17.8 Å². The molecule has 1 spiro atoms. The SMILES string of the molecule is N#Cc1cccc(NC2=NC3(CCOCC3)CS2)c1. The summed E-state index contributed by atoms with van der Waals surface area (Å²) in [5.74, 6) is 1.02. The Kier molecular flexibility index (Phi) is 3.45. The Hall–Kier alpha value is -1.51. The Labute approximate surface area is 116 Å². The maximum Gasteiger partial charge on any atom is 0.161 e. The van der Waals surface area contributed by atoms with Crippen molar-refractivity contribution in [1.82, 2.24) is 0 Å². The van der Waals surface area contributed by atoms with Crippen molar-refractivity contribution in [1.29, 1.82) is 5.26 Å². The van der Waals surface area contributed by atoms with Crippen molar-refractivity contribution in [2.45, 2.75) is 18.4 Å². The third kappa shape index (κ3) is 2.75. The number of ether oxygens (including phenoxy) is 1. The summed E-state index contributed by atoms with van der Waals surface area (Å²) in [5.41, 5.74) is 1.65. The number of hydrogen-bond donors (Lipinski definition) is 1. The Morgan fingerprint density at radius 1 is 1.37 bits per heavy atom. The van der Waals surface area contributed by atoms with E-state index >= 15 is 0 Å². The van der Waals surface area contributed by atoms with Crippen LogP contribution in [-0.2, 0) is 4.74 Å². The fraction of sp³-hybridized carbons (Fsp3) is 0.429. The van der Waals surface area contributed by atoms with Gasteiger partial charge in [-0.15, -0.1) is 0 Å². The second kappa shape index (κ2) is 5.24. The van der Waals surface area contributed by atoms with Crippen LogP contribution in [0.3, 0.4) is 0 Å². The number of rotatable bonds is 1. The highest BCUT2D eigenvalue weighted by molar-refractivity contribution is 8.14. The first-order valence-electron chi connectivity index (χ1n) is 6.37. The number of aliphatic imine (C=N–C) groups is 1. The summed E-state index contributed by atoms with van der Waals surface area (Å²) >= 11 is 1.76. The topological polar surface area (TPSA) is 57.4 Å². The predicted molar refractivity (Wildman–Crippen MR) is 77.5 cm³/mol. The number of nitrogens with zero attached hydrogens (tertiary/aromatic N) is 2.